The Balaban J connectivity index is 1.92. The monoisotopic (exact) mass is 355 g/mol. The largest absolute Gasteiger partial charge is 0.496 e. The summed E-state index contributed by atoms with van der Waals surface area (Å²) in [5.74, 6) is 0.934. The zero-order valence-corrected chi connectivity index (χ0v) is 14.7. The first kappa shape index (κ1) is 17.1. The number of thioether (sulfide) groups is 1. The molecule has 0 atom stereocenters. The molecular formula is C19H17NO4S. The lowest BCUT2D eigenvalue weighted by Gasteiger charge is -2.12. The number of carbonyl (C=O) groups excluding carboxylic acids is 2. The topological polar surface area (TPSA) is 55.8 Å². The smallest absolute Gasteiger partial charge is 0.298 e. The number of imide groups is 1. The van der Waals surface area contributed by atoms with Crippen molar-refractivity contribution in [3.8, 4) is 11.5 Å². The third-order valence-electron chi connectivity index (χ3n) is 3.61. The summed E-state index contributed by atoms with van der Waals surface area (Å²) >= 11 is 0.917. The van der Waals surface area contributed by atoms with E-state index in [4.69, 9.17) is 9.47 Å². The van der Waals surface area contributed by atoms with Gasteiger partial charge in [0.05, 0.1) is 24.3 Å². The molecule has 6 heteroatoms. The lowest BCUT2D eigenvalue weighted by molar-refractivity contribution is -0.113. The molecule has 0 aromatic heterocycles. The molecule has 1 aliphatic heterocycles. The molecule has 0 N–H and O–H groups in total. The normalized spacial score (nSPS) is 15.8. The number of methoxy groups -OCH3 is 1. The van der Waals surface area contributed by atoms with E-state index in [-0.39, 0.29) is 11.1 Å². The van der Waals surface area contributed by atoms with Crippen LogP contribution in [0.5, 0.6) is 11.5 Å². The summed E-state index contributed by atoms with van der Waals surface area (Å²) in [5, 5.41) is -0.313. The first-order valence-electron chi connectivity index (χ1n) is 7.78. The Kier molecular flexibility index (Phi) is 5.09. The Morgan fingerprint density at radius 3 is 2.56 bits per heavy atom. The number of amides is 2. The molecule has 0 aliphatic carbocycles. The van der Waals surface area contributed by atoms with E-state index in [1.54, 1.807) is 55.7 Å². The number of benzene rings is 2. The van der Waals surface area contributed by atoms with E-state index < -0.39 is 0 Å². The van der Waals surface area contributed by atoms with Crippen molar-refractivity contribution < 1.29 is 19.1 Å². The summed E-state index contributed by atoms with van der Waals surface area (Å²) in [6.07, 6.45) is 1.67. The highest BCUT2D eigenvalue weighted by molar-refractivity contribution is 8.19. The van der Waals surface area contributed by atoms with Gasteiger partial charge in [-0.1, -0.05) is 18.2 Å². The Hall–Kier alpha value is -2.73. The molecule has 3 rings (SSSR count). The van der Waals surface area contributed by atoms with Gasteiger partial charge in [0.1, 0.15) is 11.5 Å². The van der Waals surface area contributed by atoms with Gasteiger partial charge < -0.3 is 9.47 Å². The molecule has 1 saturated heterocycles. The third-order valence-corrected chi connectivity index (χ3v) is 4.48. The highest BCUT2D eigenvalue weighted by Crippen LogP contribution is 2.37. The van der Waals surface area contributed by atoms with Crippen LogP contribution in [-0.4, -0.2) is 24.9 Å². The van der Waals surface area contributed by atoms with Gasteiger partial charge in [0.15, 0.2) is 0 Å². The lowest BCUT2D eigenvalue weighted by Crippen LogP contribution is -2.27. The minimum atomic E-state index is -0.336. The van der Waals surface area contributed by atoms with Gasteiger partial charge >= 0.3 is 0 Å². The van der Waals surface area contributed by atoms with Crippen molar-refractivity contribution in [1.82, 2.24) is 0 Å². The molecule has 5 nitrogen and oxygen atoms in total. The molecule has 0 unspecified atom stereocenters. The Bertz CT molecular complexity index is 833. The van der Waals surface area contributed by atoms with E-state index >= 15 is 0 Å². The van der Waals surface area contributed by atoms with Gasteiger partial charge in [-0.15, -0.1) is 0 Å². The van der Waals surface area contributed by atoms with Crippen molar-refractivity contribution in [3.63, 3.8) is 0 Å². The molecule has 1 fully saturated rings. The maximum absolute atomic E-state index is 12.6. The average Bonchev–Trinajstić information content (AvgIpc) is 2.90. The van der Waals surface area contributed by atoms with Crippen molar-refractivity contribution in [2.75, 3.05) is 18.6 Å². The van der Waals surface area contributed by atoms with E-state index in [2.05, 4.69) is 0 Å². The van der Waals surface area contributed by atoms with Crippen molar-refractivity contribution in [1.29, 1.82) is 0 Å². The molecule has 0 saturated carbocycles. The molecule has 25 heavy (non-hydrogen) atoms. The molecular weight excluding hydrogens is 338 g/mol. The summed E-state index contributed by atoms with van der Waals surface area (Å²) in [4.78, 5) is 26.4. The van der Waals surface area contributed by atoms with Gasteiger partial charge in [0.25, 0.3) is 11.1 Å². The van der Waals surface area contributed by atoms with E-state index in [0.29, 0.717) is 34.3 Å². The second kappa shape index (κ2) is 7.44. The van der Waals surface area contributed by atoms with Crippen LogP contribution in [0.25, 0.3) is 6.08 Å². The summed E-state index contributed by atoms with van der Waals surface area (Å²) in [6, 6.07) is 14.3. The van der Waals surface area contributed by atoms with Gasteiger partial charge in [0, 0.05) is 11.6 Å². The van der Waals surface area contributed by atoms with Gasteiger partial charge in [-0.05, 0) is 49.0 Å². The lowest BCUT2D eigenvalue weighted by atomic mass is 10.1. The molecule has 2 aromatic rings. The number of ether oxygens (including phenoxy) is 2. The van der Waals surface area contributed by atoms with Crippen molar-refractivity contribution in [2.24, 2.45) is 0 Å². The highest BCUT2D eigenvalue weighted by atomic mass is 32.2. The molecule has 2 aromatic carbocycles. The van der Waals surface area contributed by atoms with Crippen LogP contribution in [0.15, 0.2) is 53.4 Å². The van der Waals surface area contributed by atoms with Gasteiger partial charge in [-0.2, -0.15) is 0 Å². The van der Waals surface area contributed by atoms with Gasteiger partial charge in [0.2, 0.25) is 0 Å². The number of para-hydroxylation sites is 1. The predicted molar refractivity (Wildman–Crippen MR) is 99.1 cm³/mol. The number of nitrogens with zero attached hydrogens (tertiary/aromatic N) is 1. The molecule has 0 spiro atoms. The molecule has 1 heterocycles. The summed E-state index contributed by atoms with van der Waals surface area (Å²) < 4.78 is 10.8. The number of carbonyl (C=O) groups is 2. The second-order valence-corrected chi connectivity index (χ2v) is 6.18. The fraction of sp³-hybridized carbons (Fsp3) is 0.158. The predicted octanol–water partition coefficient (Wildman–Crippen LogP) is 4.33. The van der Waals surface area contributed by atoms with Crippen molar-refractivity contribution >= 4 is 34.7 Å². The maximum atomic E-state index is 12.6. The van der Waals surface area contributed by atoms with E-state index in [0.717, 1.165) is 11.8 Å². The third kappa shape index (κ3) is 3.53. The zero-order valence-electron chi connectivity index (χ0n) is 13.9. The van der Waals surface area contributed by atoms with Crippen LogP contribution in [0.4, 0.5) is 10.5 Å². The maximum Gasteiger partial charge on any atom is 0.298 e. The number of rotatable bonds is 5. The zero-order chi connectivity index (χ0) is 17.8. The average molecular weight is 355 g/mol. The van der Waals surface area contributed by atoms with Crippen LogP contribution in [0.3, 0.4) is 0 Å². The molecule has 0 radical (unpaired) electrons. The van der Waals surface area contributed by atoms with Gasteiger partial charge in [-0.3, -0.25) is 9.59 Å². The second-order valence-electron chi connectivity index (χ2n) is 5.19. The van der Waals surface area contributed by atoms with E-state index in [1.807, 2.05) is 13.0 Å². The Morgan fingerprint density at radius 2 is 1.88 bits per heavy atom. The van der Waals surface area contributed by atoms with Crippen LogP contribution >= 0.6 is 11.8 Å². The van der Waals surface area contributed by atoms with E-state index in [9.17, 15) is 9.59 Å². The van der Waals surface area contributed by atoms with Crippen LogP contribution in [0.2, 0.25) is 0 Å². The fourth-order valence-electron chi connectivity index (χ4n) is 2.48. The Morgan fingerprint density at radius 1 is 1.12 bits per heavy atom. The fourth-order valence-corrected chi connectivity index (χ4v) is 3.31. The van der Waals surface area contributed by atoms with E-state index in [1.165, 1.54) is 4.90 Å². The first-order chi connectivity index (χ1) is 12.1. The molecule has 128 valence electrons. The quantitative estimate of drug-likeness (QED) is 0.747. The minimum Gasteiger partial charge on any atom is -0.496 e. The Labute approximate surface area is 150 Å². The SMILES string of the molecule is CCOc1ccc(C=C2SC(=O)N(c3ccccc3)C2=O)c(OC)c1. The molecule has 0 bridgehead atoms. The summed E-state index contributed by atoms with van der Waals surface area (Å²) in [6.45, 7) is 2.46. The van der Waals surface area contributed by atoms with Crippen molar-refractivity contribution in [2.45, 2.75) is 6.92 Å². The molecule has 1 aliphatic rings. The number of hydrogen-bond acceptors (Lipinski definition) is 5. The standard InChI is InChI=1S/C19H17NO4S/c1-3-24-15-10-9-13(16(12-15)23-2)11-17-18(21)20(19(22)25-17)14-7-5-4-6-8-14/h4-12H,3H2,1-2H3. The summed E-state index contributed by atoms with van der Waals surface area (Å²) in [5.41, 5.74) is 1.27. The number of hydrogen-bond donors (Lipinski definition) is 0. The number of anilines is 1. The molecule has 2 amide bonds. The van der Waals surface area contributed by atoms with Crippen LogP contribution in [0.1, 0.15) is 12.5 Å². The van der Waals surface area contributed by atoms with Crippen LogP contribution in [0, 0.1) is 0 Å². The minimum absolute atomic E-state index is 0.313. The van der Waals surface area contributed by atoms with Crippen LogP contribution in [-0.2, 0) is 4.79 Å². The van der Waals surface area contributed by atoms with Gasteiger partial charge in [-0.25, -0.2) is 4.90 Å². The van der Waals surface area contributed by atoms with Crippen molar-refractivity contribution in [3.05, 3.63) is 59.0 Å². The summed E-state index contributed by atoms with van der Waals surface area (Å²) in [7, 11) is 1.55. The highest BCUT2D eigenvalue weighted by Gasteiger charge is 2.36. The van der Waals surface area contributed by atoms with Crippen LogP contribution < -0.4 is 14.4 Å². The first-order valence-corrected chi connectivity index (χ1v) is 8.59.